The molecule has 17 heavy (non-hydrogen) atoms. The lowest BCUT2D eigenvalue weighted by Gasteiger charge is -2.41. The number of piperidine rings is 1. The van der Waals surface area contributed by atoms with Gasteiger partial charge in [-0.15, -0.1) is 0 Å². The average molecular weight is 241 g/mol. The van der Waals surface area contributed by atoms with Crippen molar-refractivity contribution in [2.45, 2.75) is 79.1 Å². The highest BCUT2D eigenvalue weighted by Crippen LogP contribution is 2.40. The first-order valence-corrected chi connectivity index (χ1v) is 7.91. The van der Waals surface area contributed by atoms with E-state index >= 15 is 0 Å². The molecule has 1 rings (SSSR count). The number of nitrogens with zero attached hydrogens (tertiary/aromatic N) is 1. The summed E-state index contributed by atoms with van der Waals surface area (Å²) in [5.74, 6) is 0. The molecule has 1 aliphatic heterocycles. The summed E-state index contributed by atoms with van der Waals surface area (Å²) in [5.41, 5.74) is 0.719. The summed E-state index contributed by atoms with van der Waals surface area (Å²) in [4.78, 5) is 2.49. The van der Waals surface area contributed by atoms with Gasteiger partial charge in [0.2, 0.25) is 0 Å². The van der Waals surface area contributed by atoms with Crippen molar-refractivity contribution in [2.24, 2.45) is 5.41 Å². The molecule has 1 aliphatic rings. The first-order chi connectivity index (χ1) is 8.22. The monoisotopic (exact) mass is 241 g/mol. The smallest absolute Gasteiger partial charge is 0.00165 e. The van der Waals surface area contributed by atoms with Gasteiger partial charge in [-0.2, -0.15) is 0 Å². The van der Waals surface area contributed by atoms with Crippen LogP contribution in [0.2, 0.25) is 0 Å². The van der Waals surface area contributed by atoms with Gasteiger partial charge in [0, 0.05) is 0 Å². The van der Waals surface area contributed by atoms with Gasteiger partial charge in [-0.1, -0.05) is 53.4 Å². The molecule has 0 aromatic carbocycles. The van der Waals surface area contributed by atoms with Crippen LogP contribution in [-0.4, -0.2) is 25.0 Å². The van der Waals surface area contributed by atoms with E-state index in [1.807, 2.05) is 13.8 Å². The Bertz CT molecular complexity index is 157. The lowest BCUT2D eigenvalue weighted by molar-refractivity contribution is 0.0985. The van der Waals surface area contributed by atoms with Gasteiger partial charge in [-0.3, -0.25) is 0 Å². The van der Waals surface area contributed by atoms with Crippen molar-refractivity contribution in [1.29, 1.82) is 0 Å². The largest absolute Gasteiger partial charge is 0.306 e. The summed E-state index contributed by atoms with van der Waals surface area (Å²) in [6.07, 6.45) is 11.5. The highest BCUT2D eigenvalue weighted by Gasteiger charge is 2.31. The highest BCUT2D eigenvalue weighted by molar-refractivity contribution is 4.84. The summed E-state index contributed by atoms with van der Waals surface area (Å²) in [5, 5.41) is 0. The lowest BCUT2D eigenvalue weighted by atomic mass is 9.71. The first-order valence-electron chi connectivity index (χ1n) is 7.91. The molecule has 104 valence electrons. The van der Waals surface area contributed by atoms with Crippen molar-refractivity contribution in [3.05, 3.63) is 0 Å². The van der Waals surface area contributed by atoms with Crippen LogP contribution in [0.4, 0.5) is 0 Å². The highest BCUT2D eigenvalue weighted by atomic mass is 15.1. The van der Waals surface area contributed by atoms with Gasteiger partial charge >= 0.3 is 0 Å². The molecule has 0 spiro atoms. The molecular weight excluding hydrogens is 206 g/mol. The van der Waals surface area contributed by atoms with E-state index < -0.39 is 0 Å². The fourth-order valence-electron chi connectivity index (χ4n) is 3.00. The van der Waals surface area contributed by atoms with E-state index in [-0.39, 0.29) is 0 Å². The van der Waals surface area contributed by atoms with Crippen LogP contribution < -0.4 is 0 Å². The Hall–Kier alpha value is -0.0400. The zero-order valence-corrected chi connectivity index (χ0v) is 13.0. The van der Waals surface area contributed by atoms with Crippen LogP contribution in [0.25, 0.3) is 0 Å². The minimum Gasteiger partial charge on any atom is -0.306 e. The van der Waals surface area contributed by atoms with E-state index in [0.29, 0.717) is 0 Å². The van der Waals surface area contributed by atoms with Crippen molar-refractivity contribution in [3.63, 3.8) is 0 Å². The maximum atomic E-state index is 2.49. The molecule has 0 saturated carbocycles. The SMILES string of the molecule is CC.CCCCCC1(CCC)CCN(C)CC1. The molecule has 0 amide bonds. The molecular formula is C16H35N. The van der Waals surface area contributed by atoms with Crippen molar-refractivity contribution in [2.75, 3.05) is 20.1 Å². The Labute approximate surface area is 110 Å². The minimum atomic E-state index is 0.719. The average Bonchev–Trinajstić information content (AvgIpc) is 2.36. The quantitative estimate of drug-likeness (QED) is 0.584. The van der Waals surface area contributed by atoms with E-state index in [9.17, 15) is 0 Å². The molecule has 0 N–H and O–H groups in total. The van der Waals surface area contributed by atoms with Gasteiger partial charge in [0.25, 0.3) is 0 Å². The van der Waals surface area contributed by atoms with Crippen molar-refractivity contribution in [1.82, 2.24) is 4.90 Å². The van der Waals surface area contributed by atoms with Crippen LogP contribution in [-0.2, 0) is 0 Å². The first kappa shape index (κ1) is 17.0. The van der Waals surface area contributed by atoms with Crippen LogP contribution >= 0.6 is 0 Å². The molecule has 0 aromatic rings. The normalized spacial score (nSPS) is 19.6. The van der Waals surface area contributed by atoms with Gasteiger partial charge in [-0.05, 0) is 51.2 Å². The third-order valence-electron chi connectivity index (χ3n) is 4.14. The Morgan fingerprint density at radius 1 is 0.882 bits per heavy atom. The number of rotatable bonds is 6. The Morgan fingerprint density at radius 3 is 1.94 bits per heavy atom. The van der Waals surface area contributed by atoms with Crippen molar-refractivity contribution >= 4 is 0 Å². The van der Waals surface area contributed by atoms with Gasteiger partial charge in [0.05, 0.1) is 0 Å². The Kier molecular flexibility index (Phi) is 9.91. The van der Waals surface area contributed by atoms with Crippen molar-refractivity contribution < 1.29 is 0 Å². The maximum Gasteiger partial charge on any atom is -0.00165 e. The summed E-state index contributed by atoms with van der Waals surface area (Å²) < 4.78 is 0. The molecule has 0 bridgehead atoms. The Morgan fingerprint density at radius 2 is 1.47 bits per heavy atom. The van der Waals surface area contributed by atoms with Crippen LogP contribution in [0.15, 0.2) is 0 Å². The summed E-state index contributed by atoms with van der Waals surface area (Å²) in [6.45, 7) is 11.3. The molecule has 1 saturated heterocycles. The standard InChI is InChI=1S/C14H29N.C2H6/c1-4-6-7-9-14(8-5-2)10-12-15(3)13-11-14;1-2/h4-13H2,1-3H3;1-2H3. The predicted octanol–water partition coefficient (Wildman–Crippen LogP) is 5.11. The second-order valence-corrected chi connectivity index (χ2v) is 5.51. The molecule has 1 nitrogen and oxygen atoms in total. The lowest BCUT2D eigenvalue weighted by Crippen LogP contribution is -2.37. The van der Waals surface area contributed by atoms with Crippen LogP contribution in [0.1, 0.15) is 79.1 Å². The fourth-order valence-corrected chi connectivity index (χ4v) is 3.00. The summed E-state index contributed by atoms with van der Waals surface area (Å²) >= 11 is 0. The molecule has 1 fully saturated rings. The molecule has 0 aromatic heterocycles. The van der Waals surface area contributed by atoms with E-state index in [0.717, 1.165) is 5.41 Å². The number of hydrogen-bond acceptors (Lipinski definition) is 1. The van der Waals surface area contributed by atoms with Gasteiger partial charge in [0.1, 0.15) is 0 Å². The molecule has 1 heterocycles. The minimum absolute atomic E-state index is 0.719. The van der Waals surface area contributed by atoms with E-state index in [1.165, 1.54) is 64.5 Å². The molecule has 0 aliphatic carbocycles. The van der Waals surface area contributed by atoms with Crippen LogP contribution in [0.3, 0.4) is 0 Å². The van der Waals surface area contributed by atoms with Gasteiger partial charge < -0.3 is 4.90 Å². The van der Waals surface area contributed by atoms with E-state index in [2.05, 4.69) is 25.8 Å². The predicted molar refractivity (Wildman–Crippen MR) is 79.6 cm³/mol. The summed E-state index contributed by atoms with van der Waals surface area (Å²) in [6, 6.07) is 0. The van der Waals surface area contributed by atoms with Crippen molar-refractivity contribution in [3.8, 4) is 0 Å². The third kappa shape index (κ3) is 6.45. The summed E-state index contributed by atoms with van der Waals surface area (Å²) in [7, 11) is 2.27. The number of hydrogen-bond donors (Lipinski definition) is 0. The molecule has 0 radical (unpaired) electrons. The maximum absolute atomic E-state index is 2.49. The van der Waals surface area contributed by atoms with E-state index in [1.54, 1.807) is 0 Å². The molecule has 0 unspecified atom stereocenters. The van der Waals surface area contributed by atoms with E-state index in [4.69, 9.17) is 0 Å². The molecule has 0 atom stereocenters. The zero-order valence-electron chi connectivity index (χ0n) is 13.0. The fraction of sp³-hybridized carbons (Fsp3) is 1.00. The van der Waals surface area contributed by atoms with Crippen LogP contribution in [0, 0.1) is 5.41 Å². The second-order valence-electron chi connectivity index (χ2n) is 5.51. The molecule has 1 heteroatoms. The Balaban J connectivity index is 0.00000121. The zero-order chi connectivity index (χ0) is 13.1. The topological polar surface area (TPSA) is 3.24 Å². The van der Waals surface area contributed by atoms with Crippen LogP contribution in [0.5, 0.6) is 0 Å². The van der Waals surface area contributed by atoms with Gasteiger partial charge in [0.15, 0.2) is 0 Å². The van der Waals surface area contributed by atoms with Gasteiger partial charge in [-0.25, -0.2) is 0 Å². The second kappa shape index (κ2) is 9.94. The number of likely N-dealkylation sites (tertiary alicyclic amines) is 1. The third-order valence-corrected chi connectivity index (χ3v) is 4.14. The number of unbranched alkanes of at least 4 members (excludes halogenated alkanes) is 2.